The Hall–Kier alpha value is -2.99. The smallest absolute Gasteiger partial charge is 0.338 e. The van der Waals surface area contributed by atoms with Gasteiger partial charge in [0.2, 0.25) is 0 Å². The highest BCUT2D eigenvalue weighted by Gasteiger charge is 2.09. The van der Waals surface area contributed by atoms with E-state index < -0.39 is 0 Å². The van der Waals surface area contributed by atoms with Crippen molar-refractivity contribution in [3.8, 4) is 5.69 Å². The summed E-state index contributed by atoms with van der Waals surface area (Å²) < 4.78 is 8.41. The van der Waals surface area contributed by atoms with Gasteiger partial charge >= 0.3 is 5.97 Å². The van der Waals surface area contributed by atoms with Gasteiger partial charge in [0, 0.05) is 18.1 Å². The Balaban J connectivity index is 1.44. The summed E-state index contributed by atoms with van der Waals surface area (Å²) in [6, 6.07) is 13.2. The fraction of sp³-hybridized carbons (Fsp3) is 0.105. The number of ether oxygens (including phenoxy) is 1. The predicted octanol–water partition coefficient (Wildman–Crippen LogP) is 4.15. The first kappa shape index (κ1) is 15.5. The summed E-state index contributed by atoms with van der Waals surface area (Å²) in [5.41, 5.74) is 3.41. The maximum Gasteiger partial charge on any atom is 0.338 e. The number of fused-ring (bicyclic) bond motifs is 1. The van der Waals surface area contributed by atoms with Gasteiger partial charge in [0.1, 0.15) is 6.61 Å². The van der Waals surface area contributed by atoms with Gasteiger partial charge in [-0.25, -0.2) is 14.8 Å². The number of imidazole rings is 1. The third-order valence-electron chi connectivity index (χ3n) is 3.84. The van der Waals surface area contributed by atoms with Crippen LogP contribution in [0, 0.1) is 6.92 Å². The summed E-state index contributed by atoms with van der Waals surface area (Å²) in [6.45, 7) is 2.23. The molecule has 0 aliphatic carbocycles. The Labute approximate surface area is 148 Å². The summed E-state index contributed by atoms with van der Waals surface area (Å²) in [6.07, 6.45) is 5.28. The monoisotopic (exact) mass is 349 g/mol. The predicted molar refractivity (Wildman–Crippen MR) is 97.0 cm³/mol. The summed E-state index contributed by atoms with van der Waals surface area (Å²) in [5, 5.41) is 1.03. The van der Waals surface area contributed by atoms with E-state index in [-0.39, 0.29) is 12.6 Å². The van der Waals surface area contributed by atoms with Crippen LogP contribution in [0.1, 0.15) is 20.9 Å². The Bertz CT molecular complexity index is 1020. The largest absolute Gasteiger partial charge is 0.457 e. The molecular weight excluding hydrogens is 334 g/mol. The van der Waals surface area contributed by atoms with Crippen LogP contribution in [0.5, 0.6) is 0 Å². The van der Waals surface area contributed by atoms with Crippen LogP contribution in [0.2, 0.25) is 0 Å². The van der Waals surface area contributed by atoms with Gasteiger partial charge in [-0.05, 0) is 48.9 Å². The zero-order valence-corrected chi connectivity index (χ0v) is 14.4. The first-order valence-corrected chi connectivity index (χ1v) is 8.62. The molecule has 2 aromatic heterocycles. The molecule has 0 saturated heterocycles. The minimum atomic E-state index is -0.335. The van der Waals surface area contributed by atoms with Gasteiger partial charge < -0.3 is 9.30 Å². The highest BCUT2D eigenvalue weighted by Crippen LogP contribution is 2.23. The number of hydrogen-bond donors (Lipinski definition) is 0. The average molecular weight is 349 g/mol. The molecule has 0 amide bonds. The van der Waals surface area contributed by atoms with Crippen molar-refractivity contribution in [1.82, 2.24) is 14.5 Å². The Kier molecular flexibility index (Phi) is 4.03. The molecule has 0 radical (unpaired) electrons. The fourth-order valence-electron chi connectivity index (χ4n) is 2.59. The number of nitrogens with zero attached hydrogens (tertiary/aromatic N) is 3. The molecule has 25 heavy (non-hydrogen) atoms. The van der Waals surface area contributed by atoms with E-state index in [1.54, 1.807) is 36.0 Å². The van der Waals surface area contributed by atoms with Crippen molar-refractivity contribution in [2.24, 2.45) is 0 Å². The molecule has 5 nitrogen and oxygen atoms in total. The zero-order chi connectivity index (χ0) is 17.2. The SMILES string of the molecule is Cc1nc2ccc(COC(=O)c3ccc(-n4ccnc4)cc3)cc2s1. The second-order valence-corrected chi connectivity index (χ2v) is 6.86. The molecule has 124 valence electrons. The van der Waals surface area contributed by atoms with Gasteiger partial charge in [-0.3, -0.25) is 0 Å². The molecule has 4 rings (SSSR count). The summed E-state index contributed by atoms with van der Waals surface area (Å²) in [7, 11) is 0. The lowest BCUT2D eigenvalue weighted by Gasteiger charge is -2.06. The Morgan fingerprint density at radius 2 is 2.04 bits per heavy atom. The number of benzene rings is 2. The van der Waals surface area contributed by atoms with E-state index >= 15 is 0 Å². The number of esters is 1. The van der Waals surface area contributed by atoms with Crippen LogP contribution < -0.4 is 0 Å². The van der Waals surface area contributed by atoms with Crippen molar-refractivity contribution in [3.05, 3.63) is 77.3 Å². The number of aryl methyl sites for hydroxylation is 1. The minimum absolute atomic E-state index is 0.245. The molecule has 0 spiro atoms. The van der Waals surface area contributed by atoms with Crippen molar-refractivity contribution in [3.63, 3.8) is 0 Å². The average Bonchev–Trinajstić information content (AvgIpc) is 3.28. The normalized spacial score (nSPS) is 10.9. The molecule has 2 aromatic carbocycles. The van der Waals surface area contributed by atoms with Gasteiger partial charge in [-0.15, -0.1) is 11.3 Å². The fourth-order valence-corrected chi connectivity index (χ4v) is 3.48. The van der Waals surface area contributed by atoms with Crippen LogP contribution in [0.3, 0.4) is 0 Å². The summed E-state index contributed by atoms with van der Waals surface area (Å²) in [4.78, 5) is 20.7. The summed E-state index contributed by atoms with van der Waals surface area (Å²) >= 11 is 1.64. The molecular formula is C19H15N3O2S. The maximum absolute atomic E-state index is 12.2. The molecule has 0 saturated carbocycles. The molecule has 0 unspecified atom stereocenters. The van der Waals surface area contributed by atoms with Crippen molar-refractivity contribution in [2.45, 2.75) is 13.5 Å². The number of aromatic nitrogens is 3. The number of carbonyl (C=O) groups is 1. The molecule has 4 aromatic rings. The standard InChI is InChI=1S/C19H15N3O2S/c1-13-21-17-7-2-14(10-18(17)25-13)11-24-19(23)15-3-5-16(6-4-15)22-9-8-20-12-22/h2-10,12H,11H2,1H3. The molecule has 0 fully saturated rings. The van der Waals surface area contributed by atoms with Crippen LogP contribution in [-0.2, 0) is 11.3 Å². The van der Waals surface area contributed by atoms with Crippen LogP contribution in [0.25, 0.3) is 15.9 Å². The van der Waals surface area contributed by atoms with E-state index in [1.165, 1.54) is 0 Å². The Morgan fingerprint density at radius 1 is 1.20 bits per heavy atom. The molecule has 6 heteroatoms. The first-order valence-electron chi connectivity index (χ1n) is 7.81. The second kappa shape index (κ2) is 6.49. The lowest BCUT2D eigenvalue weighted by Crippen LogP contribution is -2.05. The van der Waals surface area contributed by atoms with E-state index in [0.29, 0.717) is 5.56 Å². The van der Waals surface area contributed by atoms with Gasteiger partial charge in [0.15, 0.2) is 0 Å². The van der Waals surface area contributed by atoms with Crippen LogP contribution in [-0.4, -0.2) is 20.5 Å². The molecule has 0 atom stereocenters. The third kappa shape index (κ3) is 3.29. The van der Waals surface area contributed by atoms with E-state index in [9.17, 15) is 4.79 Å². The van der Waals surface area contributed by atoms with E-state index in [4.69, 9.17) is 4.74 Å². The van der Waals surface area contributed by atoms with Crippen molar-refractivity contribution in [1.29, 1.82) is 0 Å². The summed E-state index contributed by atoms with van der Waals surface area (Å²) in [5.74, 6) is -0.335. The minimum Gasteiger partial charge on any atom is -0.457 e. The van der Waals surface area contributed by atoms with E-state index in [1.807, 2.05) is 48.0 Å². The maximum atomic E-state index is 12.2. The van der Waals surface area contributed by atoms with Crippen molar-refractivity contribution >= 4 is 27.5 Å². The van der Waals surface area contributed by atoms with Crippen molar-refractivity contribution in [2.75, 3.05) is 0 Å². The lowest BCUT2D eigenvalue weighted by molar-refractivity contribution is 0.0473. The van der Waals surface area contributed by atoms with Crippen LogP contribution >= 0.6 is 11.3 Å². The molecule has 0 aliphatic heterocycles. The molecule has 0 aliphatic rings. The number of rotatable bonds is 4. The number of thiazole rings is 1. The van der Waals surface area contributed by atoms with E-state index in [0.717, 1.165) is 26.5 Å². The quantitative estimate of drug-likeness (QED) is 0.519. The second-order valence-electron chi connectivity index (χ2n) is 5.63. The topological polar surface area (TPSA) is 57.0 Å². The lowest BCUT2D eigenvalue weighted by atomic mass is 10.2. The number of hydrogen-bond acceptors (Lipinski definition) is 5. The van der Waals surface area contributed by atoms with Crippen molar-refractivity contribution < 1.29 is 9.53 Å². The first-order chi connectivity index (χ1) is 12.2. The highest BCUT2D eigenvalue weighted by atomic mass is 32.1. The van der Waals surface area contributed by atoms with Crippen LogP contribution in [0.4, 0.5) is 0 Å². The van der Waals surface area contributed by atoms with E-state index in [2.05, 4.69) is 9.97 Å². The molecule has 2 heterocycles. The van der Waals surface area contributed by atoms with Gasteiger partial charge in [0.25, 0.3) is 0 Å². The number of carbonyl (C=O) groups excluding carboxylic acids is 1. The third-order valence-corrected chi connectivity index (χ3v) is 4.77. The molecule has 0 N–H and O–H groups in total. The Morgan fingerprint density at radius 3 is 2.80 bits per heavy atom. The molecule has 0 bridgehead atoms. The van der Waals surface area contributed by atoms with Gasteiger partial charge in [0.05, 0.1) is 27.1 Å². The van der Waals surface area contributed by atoms with Gasteiger partial charge in [-0.1, -0.05) is 6.07 Å². The zero-order valence-electron chi connectivity index (χ0n) is 13.5. The van der Waals surface area contributed by atoms with Crippen LogP contribution in [0.15, 0.2) is 61.2 Å². The highest BCUT2D eigenvalue weighted by molar-refractivity contribution is 7.18. The van der Waals surface area contributed by atoms with Gasteiger partial charge in [-0.2, -0.15) is 0 Å².